The molecule has 0 unspecified atom stereocenters. The van der Waals surface area contributed by atoms with Crippen LogP contribution in [0.3, 0.4) is 0 Å². The van der Waals surface area contributed by atoms with Gasteiger partial charge in [0.1, 0.15) is 0 Å². The molecular weight excluding hydrogens is 708 g/mol. The monoisotopic (exact) mass is 742 g/mol. The molecule has 0 N–H and O–H groups in total. The van der Waals surface area contributed by atoms with Crippen LogP contribution in [0.2, 0.25) is 0 Å². The van der Waals surface area contributed by atoms with Gasteiger partial charge in [0.25, 0.3) is 0 Å². The van der Waals surface area contributed by atoms with Crippen molar-refractivity contribution in [3.63, 3.8) is 0 Å². The molecule has 38 heavy (non-hydrogen) atoms. The van der Waals surface area contributed by atoms with Crippen molar-refractivity contribution < 1.29 is 24.2 Å². The molecule has 1 aliphatic heterocycles. The third-order valence-electron chi connectivity index (χ3n) is 6.94. The average molecular weight is 741 g/mol. The summed E-state index contributed by atoms with van der Waals surface area (Å²) in [4.78, 5) is 8.79. The van der Waals surface area contributed by atoms with E-state index in [9.17, 15) is 0 Å². The number of rotatable bonds is 4. The predicted molar refractivity (Wildman–Crippen MR) is 155 cm³/mol. The van der Waals surface area contributed by atoms with E-state index in [1.807, 2.05) is 30.5 Å². The van der Waals surface area contributed by atoms with Crippen LogP contribution < -0.4 is 8.92 Å². The number of fused-ring (bicyclic) bond motifs is 2. The molecule has 0 amide bonds. The quantitative estimate of drug-likeness (QED) is 0.156. The fourth-order valence-electron chi connectivity index (χ4n) is 5.05. The zero-order valence-electron chi connectivity index (χ0n) is 24.4. The van der Waals surface area contributed by atoms with Gasteiger partial charge in [0.15, 0.2) is 0 Å². The largest absolute Gasteiger partial charge is 0.305 e. The topological polar surface area (TPSA) is 25.8 Å². The van der Waals surface area contributed by atoms with Crippen LogP contribution in [0.5, 0.6) is 0 Å². The molecule has 1 radical (unpaired) electrons. The van der Waals surface area contributed by atoms with Gasteiger partial charge in [-0.1, -0.05) is 19.0 Å². The molecular formula is C34H30IrN2Se-2. The number of benzene rings is 3. The average Bonchev–Trinajstić information content (AvgIpc) is 3.00. The third kappa shape index (κ3) is 5.60. The first-order chi connectivity index (χ1) is 19.4. The van der Waals surface area contributed by atoms with E-state index in [1.54, 1.807) is 18.3 Å². The van der Waals surface area contributed by atoms with Crippen LogP contribution in [0.15, 0.2) is 103 Å². The van der Waals surface area contributed by atoms with Crippen molar-refractivity contribution >= 4 is 23.9 Å². The molecule has 0 spiro atoms. The molecule has 1 aliphatic rings. The van der Waals surface area contributed by atoms with Crippen molar-refractivity contribution in [1.29, 1.82) is 0 Å². The van der Waals surface area contributed by atoms with Crippen LogP contribution >= 0.6 is 0 Å². The first kappa shape index (κ1) is 24.2. The molecule has 3 heterocycles. The number of aryl methyl sites for hydroxylation is 1. The number of pyridine rings is 2. The molecule has 0 bridgehead atoms. The molecule has 6 rings (SSSR count). The summed E-state index contributed by atoms with van der Waals surface area (Å²) < 4.78 is 24.8. The van der Waals surface area contributed by atoms with Gasteiger partial charge in [-0.25, -0.2) is 0 Å². The predicted octanol–water partition coefficient (Wildman–Crippen LogP) is 6.48. The first-order valence-corrected chi connectivity index (χ1v) is 14.3. The summed E-state index contributed by atoms with van der Waals surface area (Å²) in [6, 6.07) is 36.4. The van der Waals surface area contributed by atoms with Crippen LogP contribution in [0.1, 0.15) is 47.5 Å². The van der Waals surface area contributed by atoms with E-state index in [2.05, 4.69) is 84.5 Å². The van der Waals surface area contributed by atoms with Crippen molar-refractivity contribution in [2.45, 2.75) is 39.0 Å². The Morgan fingerprint density at radius 1 is 0.789 bits per heavy atom. The summed E-state index contributed by atoms with van der Waals surface area (Å²) in [6.45, 7) is 2.56. The molecule has 3 aromatic carbocycles. The Kier molecular flexibility index (Phi) is 8.14. The smallest absolute Gasteiger partial charge is 0.0177 e. The minimum atomic E-state index is -2.07. The van der Waals surface area contributed by atoms with E-state index in [0.717, 1.165) is 29.8 Å². The second kappa shape index (κ2) is 12.8. The Balaban J connectivity index is 0.000000200. The molecule has 0 fully saturated rings. The Hall–Kier alpha value is -2.87. The summed E-state index contributed by atoms with van der Waals surface area (Å²) in [5.41, 5.74) is 7.16. The summed E-state index contributed by atoms with van der Waals surface area (Å²) in [5.74, 6) is 0. The Bertz CT molecular complexity index is 1570. The van der Waals surface area contributed by atoms with E-state index in [-0.39, 0.29) is 25.5 Å². The Morgan fingerprint density at radius 3 is 2.13 bits per heavy atom. The molecule has 2 nitrogen and oxygen atoms in total. The van der Waals surface area contributed by atoms with Crippen molar-refractivity contribution in [1.82, 2.24) is 9.97 Å². The molecule has 193 valence electrons. The van der Waals surface area contributed by atoms with E-state index in [4.69, 9.17) is 4.11 Å². The number of aromatic nitrogens is 2. The number of nitrogens with zero attached hydrogens (tertiary/aromatic N) is 2. The van der Waals surface area contributed by atoms with Gasteiger partial charge in [0.2, 0.25) is 0 Å². The summed E-state index contributed by atoms with van der Waals surface area (Å²) in [5, 5.41) is 0. The van der Waals surface area contributed by atoms with Gasteiger partial charge in [0.05, 0.1) is 0 Å². The van der Waals surface area contributed by atoms with Gasteiger partial charge < -0.3 is 4.98 Å². The Morgan fingerprint density at radius 2 is 1.50 bits per heavy atom. The molecule has 2 aromatic heterocycles. The molecule has 5 aromatic rings. The van der Waals surface area contributed by atoms with E-state index in [1.165, 1.54) is 31.7 Å². The SMILES string of the molecule is CCC1(CC)c2ccccc2[Se]c2cc[c-]c(-c3ccccn3)c21.[2H]C([2H])([2H])c1c[c-]c(-c2ccccn2)cc1.[Ir]. The Labute approximate surface area is 250 Å². The molecule has 0 atom stereocenters. The zero-order chi connectivity index (χ0) is 28.2. The van der Waals surface area contributed by atoms with Crippen molar-refractivity contribution in [2.75, 3.05) is 0 Å². The van der Waals surface area contributed by atoms with Gasteiger partial charge in [-0.3, -0.25) is 0 Å². The van der Waals surface area contributed by atoms with Gasteiger partial charge in [-0.15, -0.1) is 35.4 Å². The van der Waals surface area contributed by atoms with Crippen LogP contribution in [0, 0.1) is 19.0 Å². The molecule has 0 saturated carbocycles. The maximum absolute atomic E-state index is 7.25. The summed E-state index contributed by atoms with van der Waals surface area (Å²) in [6.07, 6.45) is 5.77. The summed E-state index contributed by atoms with van der Waals surface area (Å²) >= 11 is 0.346. The minimum Gasteiger partial charge on any atom is -0.305 e. The van der Waals surface area contributed by atoms with E-state index >= 15 is 0 Å². The first-order valence-electron chi connectivity index (χ1n) is 14.0. The van der Waals surface area contributed by atoms with Crippen molar-refractivity contribution in [3.05, 3.63) is 132 Å². The second-order valence-electron chi connectivity index (χ2n) is 8.90. The van der Waals surface area contributed by atoms with Crippen LogP contribution in [0.25, 0.3) is 22.5 Å². The van der Waals surface area contributed by atoms with Gasteiger partial charge in [-0.2, -0.15) is 0 Å². The van der Waals surface area contributed by atoms with Crippen LogP contribution in [-0.2, 0) is 25.5 Å². The van der Waals surface area contributed by atoms with Crippen LogP contribution in [-0.4, -0.2) is 24.9 Å². The van der Waals surface area contributed by atoms with Crippen molar-refractivity contribution in [2.24, 2.45) is 0 Å². The third-order valence-corrected chi connectivity index (χ3v) is 9.33. The van der Waals surface area contributed by atoms with E-state index in [0.29, 0.717) is 20.5 Å². The minimum absolute atomic E-state index is 0. The summed E-state index contributed by atoms with van der Waals surface area (Å²) in [7, 11) is 0. The van der Waals surface area contributed by atoms with Gasteiger partial charge in [0, 0.05) is 30.4 Å². The number of hydrogen-bond donors (Lipinski definition) is 0. The van der Waals surface area contributed by atoms with Crippen LogP contribution in [0.4, 0.5) is 0 Å². The molecule has 0 aliphatic carbocycles. The van der Waals surface area contributed by atoms with Gasteiger partial charge in [-0.05, 0) is 11.8 Å². The maximum atomic E-state index is 7.25. The van der Waals surface area contributed by atoms with Crippen molar-refractivity contribution in [3.8, 4) is 22.5 Å². The number of hydrogen-bond acceptors (Lipinski definition) is 2. The van der Waals surface area contributed by atoms with E-state index < -0.39 is 6.85 Å². The zero-order valence-corrected chi connectivity index (χ0v) is 25.5. The molecule has 4 heteroatoms. The fourth-order valence-corrected chi connectivity index (χ4v) is 7.76. The van der Waals surface area contributed by atoms with Gasteiger partial charge >= 0.3 is 150 Å². The normalized spacial score (nSPS) is 14.2. The maximum Gasteiger partial charge on any atom is 0.0177 e. The standard InChI is InChI=1S/C22H20NSe.C12H10N.Ir/c1-3-22(4-2)17-11-5-6-13-19(17)24-20-14-9-10-16(21(20)22)18-12-7-8-15-23-18;1-10-5-7-11(8-6-10)12-4-2-3-9-13-12;/h5-9,11-15H,3-4H2,1-2H3;2-7,9H,1H3;/q2*-1;/i;1D3;. The molecule has 0 saturated heterocycles. The second-order valence-corrected chi connectivity index (χ2v) is 11.2. The fraction of sp³-hybridized carbons (Fsp3) is 0.176.